The number of hydrogen-bond donors (Lipinski definition) is 1. The fraction of sp³-hybridized carbons (Fsp3) is 0.857. The van der Waals surface area contributed by atoms with Crippen LogP contribution in [0.2, 0.25) is 0 Å². The fourth-order valence-corrected chi connectivity index (χ4v) is 0.737. The molecule has 5 heteroatoms. The van der Waals surface area contributed by atoms with Crippen molar-refractivity contribution in [2.75, 3.05) is 6.67 Å². The molecule has 2 nitrogen and oxygen atoms in total. The molecule has 0 aliphatic carbocycles. The predicted octanol–water partition coefficient (Wildman–Crippen LogP) is 1.76. The van der Waals surface area contributed by atoms with Crippen molar-refractivity contribution in [2.45, 2.75) is 31.9 Å². The third-order valence-electron chi connectivity index (χ3n) is 1.40. The smallest absolute Gasteiger partial charge is 0.251 e. The Balaban J connectivity index is 0. The summed E-state index contributed by atoms with van der Waals surface area (Å²) in [4.78, 5) is 10.1. The number of unbranched alkanes of at least 4 members (excludes halogenated alkanes) is 2. The van der Waals surface area contributed by atoms with Crippen LogP contribution in [0.4, 0.5) is 8.78 Å². The maximum atomic E-state index is 12.4. The first-order chi connectivity index (χ1) is 5.18. The molecule has 74 valence electrons. The molecule has 2 N–H and O–H groups in total. The quantitative estimate of drug-likeness (QED) is 0.654. The highest BCUT2D eigenvalue weighted by molar-refractivity contribution is 5.85. The van der Waals surface area contributed by atoms with E-state index in [-0.39, 0.29) is 25.5 Å². The fourth-order valence-electron chi connectivity index (χ4n) is 0.737. The molecule has 1 amide bonds. The second kappa shape index (κ2) is 8.71. The Morgan fingerprint density at radius 2 is 1.92 bits per heavy atom. The minimum Gasteiger partial charge on any atom is -0.367 e. The van der Waals surface area contributed by atoms with Gasteiger partial charge >= 0.3 is 0 Å². The summed E-state index contributed by atoms with van der Waals surface area (Å²) in [6.45, 7) is -0.381. The number of hydrogen-bond acceptors (Lipinski definition) is 1. The Bertz CT molecular complexity index is 124. The number of alkyl halides is 2. The van der Waals surface area contributed by atoms with Crippen LogP contribution in [0.1, 0.15) is 25.7 Å². The summed E-state index contributed by atoms with van der Waals surface area (Å²) in [5.41, 5.74) is 4.66. The van der Waals surface area contributed by atoms with Gasteiger partial charge in [-0.25, -0.2) is 4.39 Å². The van der Waals surface area contributed by atoms with E-state index in [0.717, 1.165) is 0 Å². The van der Waals surface area contributed by atoms with Crippen LogP contribution in [0.15, 0.2) is 0 Å². The zero-order valence-corrected chi connectivity index (χ0v) is 7.58. The minimum atomic E-state index is -1.56. The van der Waals surface area contributed by atoms with Crippen LogP contribution in [0.25, 0.3) is 0 Å². The molecule has 1 atom stereocenters. The average Bonchev–Trinajstić information content (AvgIpc) is 1.97. The molecule has 0 heterocycles. The average molecular weight is 202 g/mol. The van der Waals surface area contributed by atoms with E-state index in [4.69, 9.17) is 0 Å². The van der Waals surface area contributed by atoms with Gasteiger partial charge in [0.15, 0.2) is 6.17 Å². The molecule has 0 spiro atoms. The molecule has 0 aromatic heterocycles. The van der Waals surface area contributed by atoms with Crippen molar-refractivity contribution in [1.29, 1.82) is 0 Å². The summed E-state index contributed by atoms with van der Waals surface area (Å²) in [6, 6.07) is 0. The summed E-state index contributed by atoms with van der Waals surface area (Å²) in [6.07, 6.45) is 0.133. The van der Waals surface area contributed by atoms with Crippen LogP contribution in [0, 0.1) is 0 Å². The Hall–Kier alpha value is -0.380. The summed E-state index contributed by atoms with van der Waals surface area (Å²) < 4.78 is 23.9. The molecule has 0 aliphatic rings. The molecule has 0 aliphatic heterocycles. The van der Waals surface area contributed by atoms with Crippen molar-refractivity contribution in [3.8, 4) is 0 Å². The lowest BCUT2D eigenvalue weighted by atomic mass is 10.1. The Morgan fingerprint density at radius 1 is 1.33 bits per heavy atom. The van der Waals surface area contributed by atoms with E-state index < -0.39 is 12.1 Å². The number of amides is 1. The van der Waals surface area contributed by atoms with Gasteiger partial charge in [0.2, 0.25) is 0 Å². The van der Waals surface area contributed by atoms with Crippen LogP contribution in [-0.2, 0) is 4.79 Å². The molecule has 12 heavy (non-hydrogen) atoms. The van der Waals surface area contributed by atoms with E-state index in [2.05, 4.69) is 5.73 Å². The van der Waals surface area contributed by atoms with Crippen LogP contribution in [0.5, 0.6) is 0 Å². The van der Waals surface area contributed by atoms with Crippen LogP contribution in [0.3, 0.4) is 0 Å². The maximum absolute atomic E-state index is 12.4. The first-order valence-electron chi connectivity index (χ1n) is 3.68. The Morgan fingerprint density at radius 3 is 2.33 bits per heavy atom. The molecule has 1 unspecified atom stereocenters. The molecule has 0 saturated carbocycles. The molecule has 0 aromatic rings. The van der Waals surface area contributed by atoms with E-state index in [1.807, 2.05) is 0 Å². The van der Waals surface area contributed by atoms with Gasteiger partial charge in [0.1, 0.15) is 0 Å². The molecule has 0 rings (SSSR count). The van der Waals surface area contributed by atoms with E-state index >= 15 is 0 Å². The lowest BCUT2D eigenvalue weighted by molar-refractivity contribution is -0.122. The molecular weight excluding hydrogens is 188 g/mol. The second-order valence-corrected chi connectivity index (χ2v) is 2.41. The number of carbonyl (C=O) groups excluding carboxylic acids is 1. The van der Waals surface area contributed by atoms with Crippen molar-refractivity contribution >= 4 is 18.3 Å². The van der Waals surface area contributed by atoms with Crippen molar-refractivity contribution in [2.24, 2.45) is 5.73 Å². The molecule has 0 bridgehead atoms. The van der Waals surface area contributed by atoms with E-state index in [1.54, 1.807) is 0 Å². The predicted molar refractivity (Wildman–Crippen MR) is 45.8 cm³/mol. The van der Waals surface area contributed by atoms with Gasteiger partial charge in [-0.15, -0.1) is 12.4 Å². The van der Waals surface area contributed by atoms with Gasteiger partial charge in [-0.3, -0.25) is 9.18 Å². The van der Waals surface area contributed by atoms with Crippen LogP contribution in [-0.4, -0.2) is 18.8 Å². The lowest BCUT2D eigenvalue weighted by Gasteiger charge is -2.01. The number of primary amides is 1. The number of rotatable bonds is 6. The number of nitrogens with two attached hydrogens (primary N) is 1. The van der Waals surface area contributed by atoms with Crippen molar-refractivity contribution < 1.29 is 13.6 Å². The third kappa shape index (κ3) is 7.72. The van der Waals surface area contributed by atoms with Crippen LogP contribution >= 0.6 is 12.4 Å². The monoisotopic (exact) mass is 201 g/mol. The van der Waals surface area contributed by atoms with Gasteiger partial charge in [-0.05, 0) is 19.3 Å². The van der Waals surface area contributed by atoms with E-state index in [0.29, 0.717) is 19.3 Å². The molecule has 0 fully saturated rings. The van der Waals surface area contributed by atoms with Gasteiger partial charge in [0, 0.05) is 0 Å². The molecule has 0 aromatic carbocycles. The minimum absolute atomic E-state index is 0. The lowest BCUT2D eigenvalue weighted by Crippen LogP contribution is -2.24. The zero-order chi connectivity index (χ0) is 8.69. The highest BCUT2D eigenvalue weighted by Gasteiger charge is 2.11. The van der Waals surface area contributed by atoms with E-state index in [1.165, 1.54) is 0 Å². The first-order valence-corrected chi connectivity index (χ1v) is 3.68. The standard InChI is InChI=1S/C7H13F2NO.ClH/c8-5-3-1-2-4-6(9)7(10)11;/h6H,1-5H2,(H2,10,11);1H. The highest BCUT2D eigenvalue weighted by atomic mass is 35.5. The third-order valence-corrected chi connectivity index (χ3v) is 1.40. The molecule has 0 saturated heterocycles. The Kier molecular flexibility index (Phi) is 10.3. The largest absolute Gasteiger partial charge is 0.367 e. The highest BCUT2D eigenvalue weighted by Crippen LogP contribution is 2.06. The summed E-state index contributed by atoms with van der Waals surface area (Å²) in [5.74, 6) is -0.926. The van der Waals surface area contributed by atoms with Crippen molar-refractivity contribution in [1.82, 2.24) is 0 Å². The van der Waals surface area contributed by atoms with Gasteiger partial charge < -0.3 is 5.73 Å². The second-order valence-electron chi connectivity index (χ2n) is 2.41. The summed E-state index contributed by atoms with van der Waals surface area (Å²) in [7, 11) is 0. The Labute approximate surface area is 76.9 Å². The summed E-state index contributed by atoms with van der Waals surface area (Å²) in [5, 5.41) is 0. The molecular formula is C7H14ClF2NO. The molecule has 0 radical (unpaired) electrons. The first kappa shape index (κ1) is 14.2. The maximum Gasteiger partial charge on any atom is 0.251 e. The van der Waals surface area contributed by atoms with Gasteiger partial charge in [0.25, 0.3) is 5.91 Å². The van der Waals surface area contributed by atoms with Gasteiger partial charge in [0.05, 0.1) is 6.67 Å². The number of halogens is 3. The van der Waals surface area contributed by atoms with Gasteiger partial charge in [-0.1, -0.05) is 6.42 Å². The number of carbonyl (C=O) groups is 1. The van der Waals surface area contributed by atoms with Crippen molar-refractivity contribution in [3.63, 3.8) is 0 Å². The normalized spacial score (nSPS) is 11.8. The van der Waals surface area contributed by atoms with Crippen molar-refractivity contribution in [3.05, 3.63) is 0 Å². The topological polar surface area (TPSA) is 43.1 Å². The zero-order valence-electron chi connectivity index (χ0n) is 6.76. The summed E-state index contributed by atoms with van der Waals surface area (Å²) >= 11 is 0. The van der Waals surface area contributed by atoms with Crippen LogP contribution < -0.4 is 5.73 Å². The van der Waals surface area contributed by atoms with Gasteiger partial charge in [-0.2, -0.15) is 0 Å². The SMILES string of the molecule is Cl.NC(=O)C(F)CCCCCF. The van der Waals surface area contributed by atoms with E-state index in [9.17, 15) is 13.6 Å².